The predicted octanol–water partition coefficient (Wildman–Crippen LogP) is 1.81. The standard InChI is InChI=1S/C15H22N4O/c1-15(2,3)12-6-13(17-9-16-12)18-11-7-19(8-11)14(20)10-4-5-10/h6,9-11H,4-5,7-8H2,1-3H3,(H,16,17,18). The van der Waals surface area contributed by atoms with Crippen molar-refractivity contribution in [2.45, 2.75) is 45.1 Å². The van der Waals surface area contributed by atoms with E-state index >= 15 is 0 Å². The van der Waals surface area contributed by atoms with E-state index in [0.29, 0.717) is 17.9 Å². The van der Waals surface area contributed by atoms with Crippen molar-refractivity contribution in [3.63, 3.8) is 0 Å². The van der Waals surface area contributed by atoms with E-state index in [9.17, 15) is 4.79 Å². The SMILES string of the molecule is CC(C)(C)c1cc(NC2CN(C(=O)C3CC3)C2)ncn1. The van der Waals surface area contributed by atoms with Gasteiger partial charge in [0.1, 0.15) is 12.1 Å². The Morgan fingerprint density at radius 2 is 2.00 bits per heavy atom. The topological polar surface area (TPSA) is 58.1 Å². The zero-order valence-electron chi connectivity index (χ0n) is 12.4. The number of amides is 1. The van der Waals surface area contributed by atoms with Crippen molar-refractivity contribution in [3.05, 3.63) is 18.1 Å². The minimum atomic E-state index is 0.0208. The summed E-state index contributed by atoms with van der Waals surface area (Å²) in [6, 6.07) is 2.33. The van der Waals surface area contributed by atoms with E-state index in [-0.39, 0.29) is 5.41 Å². The lowest BCUT2D eigenvalue weighted by Gasteiger charge is -2.40. The number of carbonyl (C=O) groups excluding carboxylic acids is 1. The van der Waals surface area contributed by atoms with Gasteiger partial charge in [0.25, 0.3) is 0 Å². The molecule has 0 atom stereocenters. The van der Waals surface area contributed by atoms with Crippen LogP contribution < -0.4 is 5.32 Å². The van der Waals surface area contributed by atoms with Crippen LogP contribution in [-0.2, 0) is 10.2 Å². The third-order valence-corrected chi connectivity index (χ3v) is 3.91. The van der Waals surface area contributed by atoms with Crippen molar-refractivity contribution < 1.29 is 4.79 Å². The summed E-state index contributed by atoms with van der Waals surface area (Å²) in [6.45, 7) is 8.00. The van der Waals surface area contributed by atoms with Gasteiger partial charge in [-0.3, -0.25) is 4.79 Å². The van der Waals surface area contributed by atoms with Crippen molar-refractivity contribution >= 4 is 11.7 Å². The lowest BCUT2D eigenvalue weighted by atomic mass is 9.92. The lowest BCUT2D eigenvalue weighted by Crippen LogP contribution is -2.57. The van der Waals surface area contributed by atoms with E-state index in [1.807, 2.05) is 11.0 Å². The minimum Gasteiger partial charge on any atom is -0.364 e. The molecule has 1 saturated heterocycles. The fourth-order valence-electron chi connectivity index (χ4n) is 2.39. The molecule has 0 spiro atoms. The van der Waals surface area contributed by atoms with Crippen LogP contribution in [0.2, 0.25) is 0 Å². The molecule has 1 saturated carbocycles. The first-order valence-electron chi connectivity index (χ1n) is 7.31. The van der Waals surface area contributed by atoms with E-state index in [1.54, 1.807) is 6.33 Å². The van der Waals surface area contributed by atoms with Gasteiger partial charge in [-0.2, -0.15) is 0 Å². The van der Waals surface area contributed by atoms with E-state index in [1.165, 1.54) is 0 Å². The zero-order chi connectivity index (χ0) is 14.3. The summed E-state index contributed by atoms with van der Waals surface area (Å²) < 4.78 is 0. The second-order valence-corrected chi connectivity index (χ2v) is 6.90. The Morgan fingerprint density at radius 3 is 2.60 bits per heavy atom. The predicted molar refractivity (Wildman–Crippen MR) is 77.4 cm³/mol. The van der Waals surface area contributed by atoms with Gasteiger partial charge in [-0.1, -0.05) is 20.8 Å². The number of hydrogen-bond acceptors (Lipinski definition) is 4. The van der Waals surface area contributed by atoms with Gasteiger partial charge in [-0.05, 0) is 12.8 Å². The largest absolute Gasteiger partial charge is 0.364 e. The van der Waals surface area contributed by atoms with Crippen LogP contribution in [0.25, 0.3) is 0 Å². The summed E-state index contributed by atoms with van der Waals surface area (Å²) in [4.78, 5) is 22.4. The van der Waals surface area contributed by atoms with Crippen molar-refractivity contribution in [3.8, 4) is 0 Å². The van der Waals surface area contributed by atoms with Crippen molar-refractivity contribution in [2.24, 2.45) is 5.92 Å². The van der Waals surface area contributed by atoms with Crippen molar-refractivity contribution in [1.29, 1.82) is 0 Å². The van der Waals surface area contributed by atoms with E-state index < -0.39 is 0 Å². The fourth-order valence-corrected chi connectivity index (χ4v) is 2.39. The van der Waals surface area contributed by atoms with Crippen LogP contribution in [0.4, 0.5) is 5.82 Å². The summed E-state index contributed by atoms with van der Waals surface area (Å²) in [6.07, 6.45) is 3.76. The second-order valence-electron chi connectivity index (χ2n) is 6.90. The maximum absolute atomic E-state index is 11.8. The molecule has 3 rings (SSSR count). The van der Waals surface area contributed by atoms with Crippen LogP contribution in [0.5, 0.6) is 0 Å². The molecule has 2 aliphatic rings. The van der Waals surface area contributed by atoms with Crippen molar-refractivity contribution in [2.75, 3.05) is 18.4 Å². The molecule has 0 radical (unpaired) electrons. The summed E-state index contributed by atoms with van der Waals surface area (Å²) in [5.74, 6) is 1.51. The van der Waals surface area contributed by atoms with Crippen LogP contribution in [0, 0.1) is 5.92 Å². The average Bonchev–Trinajstić information content (AvgIpc) is 3.16. The molecule has 108 valence electrons. The van der Waals surface area contributed by atoms with E-state index in [4.69, 9.17) is 0 Å². The lowest BCUT2D eigenvalue weighted by molar-refractivity contribution is -0.136. The van der Waals surface area contributed by atoms with E-state index in [2.05, 4.69) is 36.1 Å². The molecule has 1 aromatic rings. The van der Waals surface area contributed by atoms with Gasteiger partial charge in [-0.15, -0.1) is 0 Å². The molecule has 2 fully saturated rings. The molecule has 20 heavy (non-hydrogen) atoms. The number of aromatic nitrogens is 2. The third kappa shape index (κ3) is 2.76. The normalized spacial score (nSPS) is 19.6. The van der Waals surface area contributed by atoms with Crippen LogP contribution in [0.3, 0.4) is 0 Å². The molecule has 5 nitrogen and oxygen atoms in total. The summed E-state index contributed by atoms with van der Waals surface area (Å²) in [7, 11) is 0. The summed E-state index contributed by atoms with van der Waals surface area (Å²) >= 11 is 0. The number of carbonyl (C=O) groups is 1. The van der Waals surface area contributed by atoms with Gasteiger partial charge in [0.15, 0.2) is 0 Å². The number of likely N-dealkylation sites (tertiary alicyclic amines) is 1. The minimum absolute atomic E-state index is 0.0208. The maximum atomic E-state index is 11.8. The Morgan fingerprint density at radius 1 is 1.30 bits per heavy atom. The second kappa shape index (κ2) is 4.72. The Balaban J connectivity index is 1.56. The van der Waals surface area contributed by atoms with Gasteiger partial charge in [-0.25, -0.2) is 9.97 Å². The molecule has 1 aliphatic carbocycles. The quantitative estimate of drug-likeness (QED) is 0.913. The van der Waals surface area contributed by atoms with Crippen LogP contribution >= 0.6 is 0 Å². The Hall–Kier alpha value is -1.65. The maximum Gasteiger partial charge on any atom is 0.225 e. The first kappa shape index (κ1) is 13.3. The molecule has 1 aliphatic heterocycles. The number of anilines is 1. The molecule has 1 amide bonds. The fraction of sp³-hybridized carbons (Fsp3) is 0.667. The number of nitrogens with one attached hydrogen (secondary N) is 1. The first-order chi connectivity index (χ1) is 9.43. The number of nitrogens with zero attached hydrogens (tertiary/aromatic N) is 3. The Bertz CT molecular complexity index is 513. The van der Waals surface area contributed by atoms with Crippen molar-refractivity contribution in [1.82, 2.24) is 14.9 Å². The highest BCUT2D eigenvalue weighted by Gasteiger charge is 2.39. The van der Waals surface area contributed by atoms with Gasteiger partial charge in [0.2, 0.25) is 5.91 Å². The first-order valence-corrected chi connectivity index (χ1v) is 7.31. The monoisotopic (exact) mass is 274 g/mol. The summed E-state index contributed by atoms with van der Waals surface area (Å²) in [5, 5.41) is 3.39. The molecule has 0 unspecified atom stereocenters. The number of hydrogen-bond donors (Lipinski definition) is 1. The highest BCUT2D eigenvalue weighted by atomic mass is 16.2. The van der Waals surface area contributed by atoms with Crippen LogP contribution in [-0.4, -0.2) is 39.9 Å². The molecule has 0 bridgehead atoms. The average molecular weight is 274 g/mol. The van der Waals surface area contributed by atoms with Crippen LogP contribution in [0.1, 0.15) is 39.3 Å². The Kier molecular flexibility index (Phi) is 3.15. The smallest absolute Gasteiger partial charge is 0.225 e. The van der Waals surface area contributed by atoms with Gasteiger partial charge < -0.3 is 10.2 Å². The summed E-state index contributed by atoms with van der Waals surface area (Å²) in [5.41, 5.74) is 1.05. The molecule has 5 heteroatoms. The van der Waals surface area contributed by atoms with Crippen LogP contribution in [0.15, 0.2) is 12.4 Å². The molecular formula is C15H22N4O. The van der Waals surface area contributed by atoms with E-state index in [0.717, 1.165) is 37.4 Å². The molecule has 1 N–H and O–H groups in total. The molecule has 0 aromatic carbocycles. The Labute approximate surface area is 119 Å². The van der Waals surface area contributed by atoms with Gasteiger partial charge in [0.05, 0.1) is 11.7 Å². The zero-order valence-corrected chi connectivity index (χ0v) is 12.4. The molecule has 1 aromatic heterocycles. The third-order valence-electron chi connectivity index (χ3n) is 3.91. The van der Waals surface area contributed by atoms with Gasteiger partial charge >= 0.3 is 0 Å². The molecular weight excluding hydrogens is 252 g/mol. The highest BCUT2D eigenvalue weighted by Crippen LogP contribution is 2.32. The number of rotatable bonds is 3. The molecule has 2 heterocycles. The highest BCUT2D eigenvalue weighted by molar-refractivity contribution is 5.82. The van der Waals surface area contributed by atoms with Gasteiger partial charge in [0, 0.05) is 30.5 Å².